The lowest BCUT2D eigenvalue weighted by Gasteiger charge is -2.18. The van der Waals surface area contributed by atoms with Gasteiger partial charge in [-0.05, 0) is 40.8 Å². The lowest BCUT2D eigenvalue weighted by atomic mass is 9.87. The van der Waals surface area contributed by atoms with Crippen LogP contribution in [0.3, 0.4) is 0 Å². The highest BCUT2D eigenvalue weighted by Gasteiger charge is 2.14. The molecule has 0 unspecified atom stereocenters. The molecule has 0 saturated heterocycles. The van der Waals surface area contributed by atoms with Gasteiger partial charge in [-0.25, -0.2) is 5.43 Å². The largest absolute Gasteiger partial charge is 0.378 e. The first kappa shape index (κ1) is 17.7. The molecular formula is C20H25N3O. The van der Waals surface area contributed by atoms with Crippen molar-refractivity contribution >= 4 is 17.8 Å². The van der Waals surface area contributed by atoms with E-state index in [1.165, 1.54) is 5.56 Å². The molecule has 0 aliphatic heterocycles. The number of nitrogens with one attached hydrogen (secondary N) is 1. The van der Waals surface area contributed by atoms with Crippen molar-refractivity contribution in [2.24, 2.45) is 5.10 Å². The lowest BCUT2D eigenvalue weighted by Crippen LogP contribution is -2.18. The average molecular weight is 323 g/mol. The van der Waals surface area contributed by atoms with Crippen molar-refractivity contribution in [3.8, 4) is 0 Å². The van der Waals surface area contributed by atoms with Gasteiger partial charge in [0.05, 0.1) is 6.21 Å². The van der Waals surface area contributed by atoms with Crippen LogP contribution in [-0.2, 0) is 5.41 Å². The van der Waals surface area contributed by atoms with Gasteiger partial charge in [-0.1, -0.05) is 45.0 Å². The topological polar surface area (TPSA) is 44.7 Å². The normalized spacial score (nSPS) is 11.5. The Morgan fingerprint density at radius 2 is 1.58 bits per heavy atom. The molecule has 2 aromatic carbocycles. The number of hydrogen-bond donors (Lipinski definition) is 1. The fourth-order valence-electron chi connectivity index (χ4n) is 2.21. The van der Waals surface area contributed by atoms with E-state index in [1.807, 2.05) is 67.5 Å². The van der Waals surface area contributed by atoms with Crippen molar-refractivity contribution < 1.29 is 4.79 Å². The van der Waals surface area contributed by atoms with Gasteiger partial charge in [-0.2, -0.15) is 5.10 Å². The molecule has 0 spiro atoms. The van der Waals surface area contributed by atoms with Gasteiger partial charge in [0.2, 0.25) is 0 Å². The Morgan fingerprint density at radius 3 is 2.08 bits per heavy atom. The fourth-order valence-corrected chi connectivity index (χ4v) is 2.21. The van der Waals surface area contributed by atoms with E-state index in [0.29, 0.717) is 5.56 Å². The number of rotatable bonds is 4. The van der Waals surface area contributed by atoms with Gasteiger partial charge in [0.1, 0.15) is 0 Å². The zero-order valence-corrected chi connectivity index (χ0v) is 15.0. The molecule has 0 aliphatic rings. The van der Waals surface area contributed by atoms with Crippen LogP contribution in [0.1, 0.15) is 42.3 Å². The summed E-state index contributed by atoms with van der Waals surface area (Å²) in [5.74, 6) is -0.211. The van der Waals surface area contributed by atoms with Crippen LogP contribution in [0.4, 0.5) is 5.69 Å². The summed E-state index contributed by atoms with van der Waals surface area (Å²) in [7, 11) is 3.99. The lowest BCUT2D eigenvalue weighted by molar-refractivity contribution is 0.0955. The quantitative estimate of drug-likeness (QED) is 0.687. The molecule has 1 N–H and O–H groups in total. The third kappa shape index (κ3) is 4.69. The maximum Gasteiger partial charge on any atom is 0.271 e. The molecule has 0 aliphatic carbocycles. The number of benzene rings is 2. The molecule has 2 rings (SSSR count). The molecule has 1 amide bonds. The summed E-state index contributed by atoms with van der Waals surface area (Å²) in [6, 6.07) is 15.6. The second kappa shape index (κ2) is 7.30. The monoisotopic (exact) mass is 323 g/mol. The molecule has 0 atom stereocenters. The van der Waals surface area contributed by atoms with Gasteiger partial charge in [0, 0.05) is 25.3 Å². The van der Waals surface area contributed by atoms with Gasteiger partial charge in [0.25, 0.3) is 5.91 Å². The number of carbonyl (C=O) groups excluding carboxylic acids is 1. The van der Waals surface area contributed by atoms with Gasteiger partial charge < -0.3 is 4.90 Å². The van der Waals surface area contributed by atoms with Gasteiger partial charge in [-0.3, -0.25) is 4.79 Å². The number of nitrogens with zero attached hydrogens (tertiary/aromatic N) is 2. The first-order chi connectivity index (χ1) is 11.3. The summed E-state index contributed by atoms with van der Waals surface area (Å²) < 4.78 is 0. The summed E-state index contributed by atoms with van der Waals surface area (Å²) in [6.07, 6.45) is 1.64. The van der Waals surface area contributed by atoms with E-state index in [2.05, 4.69) is 31.3 Å². The third-order valence-corrected chi connectivity index (χ3v) is 3.80. The Hall–Kier alpha value is -2.62. The molecule has 0 radical (unpaired) electrons. The molecular weight excluding hydrogens is 298 g/mol. The predicted molar refractivity (Wildman–Crippen MR) is 101 cm³/mol. The Morgan fingerprint density at radius 1 is 1.00 bits per heavy atom. The van der Waals surface area contributed by atoms with Gasteiger partial charge >= 0.3 is 0 Å². The van der Waals surface area contributed by atoms with E-state index in [1.54, 1.807) is 6.21 Å². The van der Waals surface area contributed by atoms with Crippen LogP contribution >= 0.6 is 0 Å². The molecule has 0 aromatic heterocycles. The summed E-state index contributed by atoms with van der Waals surface area (Å²) in [5, 5.41) is 4.03. The second-order valence-corrected chi connectivity index (χ2v) is 7.01. The minimum Gasteiger partial charge on any atom is -0.378 e. The van der Waals surface area contributed by atoms with Crippen molar-refractivity contribution in [3.05, 3.63) is 65.2 Å². The first-order valence-corrected chi connectivity index (χ1v) is 7.99. The number of carbonyl (C=O) groups is 1. The molecule has 24 heavy (non-hydrogen) atoms. The maximum atomic E-state index is 12.1. The fraction of sp³-hybridized carbons (Fsp3) is 0.300. The maximum absolute atomic E-state index is 12.1. The van der Waals surface area contributed by atoms with E-state index in [-0.39, 0.29) is 11.3 Å². The molecule has 4 nitrogen and oxygen atoms in total. The average Bonchev–Trinajstić information content (AvgIpc) is 2.54. The minimum absolute atomic E-state index is 0.0753. The van der Waals surface area contributed by atoms with Crippen LogP contribution < -0.4 is 10.3 Å². The summed E-state index contributed by atoms with van der Waals surface area (Å²) in [6.45, 7) is 6.44. The molecule has 4 heteroatoms. The Balaban J connectivity index is 1.97. The van der Waals surface area contributed by atoms with E-state index in [9.17, 15) is 4.79 Å². The van der Waals surface area contributed by atoms with Crippen LogP contribution in [0.25, 0.3) is 0 Å². The molecule has 2 aromatic rings. The smallest absolute Gasteiger partial charge is 0.271 e. The van der Waals surface area contributed by atoms with Crippen molar-refractivity contribution in [2.75, 3.05) is 19.0 Å². The molecule has 0 fully saturated rings. The Bertz CT molecular complexity index is 708. The van der Waals surface area contributed by atoms with Crippen LogP contribution in [-0.4, -0.2) is 26.2 Å². The number of hydrazone groups is 1. The van der Waals surface area contributed by atoms with E-state index in [0.717, 1.165) is 11.3 Å². The first-order valence-electron chi connectivity index (χ1n) is 7.99. The van der Waals surface area contributed by atoms with Crippen LogP contribution in [0.15, 0.2) is 53.6 Å². The Labute approximate surface area is 144 Å². The highest BCUT2D eigenvalue weighted by molar-refractivity contribution is 5.94. The Kier molecular flexibility index (Phi) is 5.39. The van der Waals surface area contributed by atoms with Gasteiger partial charge in [0.15, 0.2) is 0 Å². The molecule has 0 bridgehead atoms. The van der Waals surface area contributed by atoms with Gasteiger partial charge in [-0.15, -0.1) is 0 Å². The second-order valence-electron chi connectivity index (χ2n) is 7.01. The summed E-state index contributed by atoms with van der Waals surface area (Å²) in [4.78, 5) is 14.1. The van der Waals surface area contributed by atoms with E-state index >= 15 is 0 Å². The van der Waals surface area contributed by atoms with E-state index < -0.39 is 0 Å². The highest BCUT2D eigenvalue weighted by atomic mass is 16.2. The SMILES string of the molecule is CN(C)c1ccc(C=NNC(=O)c2ccc(C(C)(C)C)cc2)cc1. The molecule has 0 saturated carbocycles. The summed E-state index contributed by atoms with van der Waals surface area (Å²) in [5.41, 5.74) is 6.49. The van der Waals surface area contributed by atoms with E-state index in [4.69, 9.17) is 0 Å². The highest BCUT2D eigenvalue weighted by Crippen LogP contribution is 2.22. The minimum atomic E-state index is -0.211. The zero-order valence-electron chi connectivity index (χ0n) is 15.0. The van der Waals surface area contributed by atoms with Crippen molar-refractivity contribution in [3.63, 3.8) is 0 Å². The van der Waals surface area contributed by atoms with Crippen LogP contribution in [0.2, 0.25) is 0 Å². The third-order valence-electron chi connectivity index (χ3n) is 3.80. The molecule has 126 valence electrons. The predicted octanol–water partition coefficient (Wildman–Crippen LogP) is 3.81. The molecule has 0 heterocycles. The van der Waals surface area contributed by atoms with Crippen molar-refractivity contribution in [1.82, 2.24) is 5.43 Å². The standard InChI is InChI=1S/C20H25N3O/c1-20(2,3)17-10-8-16(9-11-17)19(24)22-21-14-15-6-12-18(13-7-15)23(4)5/h6-14H,1-5H3,(H,22,24). The zero-order chi connectivity index (χ0) is 17.7. The van der Waals surface area contributed by atoms with Crippen LogP contribution in [0, 0.1) is 0 Å². The number of amides is 1. The van der Waals surface area contributed by atoms with Crippen molar-refractivity contribution in [1.29, 1.82) is 0 Å². The summed E-state index contributed by atoms with van der Waals surface area (Å²) >= 11 is 0. The number of anilines is 1. The van der Waals surface area contributed by atoms with Crippen molar-refractivity contribution in [2.45, 2.75) is 26.2 Å². The van der Waals surface area contributed by atoms with Crippen LogP contribution in [0.5, 0.6) is 0 Å². The number of hydrogen-bond acceptors (Lipinski definition) is 3.